The number of rotatable bonds is 9. The number of hydrogen-bond acceptors (Lipinski definition) is 5. The number of hydrogen-bond donors (Lipinski definition) is 1. The van der Waals surface area contributed by atoms with Gasteiger partial charge >= 0.3 is 0 Å². The number of aromatic nitrogens is 3. The normalized spacial score (nSPS) is 11.0. The van der Waals surface area contributed by atoms with E-state index in [1.54, 1.807) is 17.8 Å². The third kappa shape index (κ3) is 6.89. The molecule has 0 unspecified atom stereocenters. The molecule has 1 N–H and O–H groups in total. The number of nitrogens with zero attached hydrogens (tertiary/aromatic N) is 3. The maximum absolute atomic E-state index is 12.3. The Kier molecular flexibility index (Phi) is 9.16. The van der Waals surface area contributed by atoms with E-state index < -0.39 is 0 Å². The Hall–Kier alpha value is -1.19. The Balaban J connectivity index is 1.54. The van der Waals surface area contributed by atoms with E-state index in [1.165, 1.54) is 11.8 Å². The molecule has 0 radical (unpaired) electrons. The van der Waals surface area contributed by atoms with Crippen LogP contribution < -0.4 is 5.32 Å². The highest BCUT2D eigenvalue weighted by molar-refractivity contribution is 9.10. The molecule has 1 heterocycles. The van der Waals surface area contributed by atoms with Gasteiger partial charge in [-0.05, 0) is 55.3 Å². The molecule has 0 aliphatic rings. The molecule has 0 aliphatic heterocycles. The number of nitrogens with one attached hydrogen (secondary N) is 1. The van der Waals surface area contributed by atoms with Crippen LogP contribution >= 0.6 is 62.7 Å². The van der Waals surface area contributed by atoms with Crippen LogP contribution in [-0.2, 0) is 22.8 Å². The minimum atomic E-state index is -0.0781. The molecule has 0 saturated heterocycles. The summed E-state index contributed by atoms with van der Waals surface area (Å²) in [6, 6.07) is 11.3. The Morgan fingerprint density at radius 3 is 2.68 bits per heavy atom. The highest BCUT2D eigenvalue weighted by Crippen LogP contribution is 2.27. The molecule has 0 aliphatic carbocycles. The molecule has 5 nitrogen and oxygen atoms in total. The fourth-order valence-corrected chi connectivity index (χ4v) is 5.38. The molecule has 0 saturated carbocycles. The Morgan fingerprint density at radius 1 is 1.16 bits per heavy atom. The third-order valence-electron chi connectivity index (χ3n) is 4.39. The number of carbonyl (C=O) groups excluding carboxylic acids is 1. The summed E-state index contributed by atoms with van der Waals surface area (Å²) in [7, 11) is 0. The Labute approximate surface area is 208 Å². The van der Waals surface area contributed by atoms with Gasteiger partial charge in [0, 0.05) is 32.5 Å². The van der Waals surface area contributed by atoms with Gasteiger partial charge < -0.3 is 9.88 Å². The first-order valence-electron chi connectivity index (χ1n) is 9.50. The summed E-state index contributed by atoms with van der Waals surface area (Å²) < 4.78 is 3.05. The topological polar surface area (TPSA) is 59.8 Å². The van der Waals surface area contributed by atoms with Crippen molar-refractivity contribution in [1.29, 1.82) is 0 Å². The van der Waals surface area contributed by atoms with Crippen molar-refractivity contribution in [2.45, 2.75) is 37.1 Å². The number of aryl methyl sites for hydroxylation is 1. The van der Waals surface area contributed by atoms with Gasteiger partial charge in [0.2, 0.25) is 5.91 Å². The van der Waals surface area contributed by atoms with E-state index in [1.807, 2.05) is 48.7 Å². The molecule has 10 heteroatoms. The molecule has 1 amide bonds. The maximum atomic E-state index is 12.3. The second-order valence-electron chi connectivity index (χ2n) is 6.67. The second-order valence-corrected chi connectivity index (χ2v) is 10.3. The summed E-state index contributed by atoms with van der Waals surface area (Å²) >= 11 is 18.8. The molecular weight excluding hydrogens is 539 g/mol. The van der Waals surface area contributed by atoms with Gasteiger partial charge in [-0.25, -0.2) is 0 Å². The first-order chi connectivity index (χ1) is 14.9. The van der Waals surface area contributed by atoms with Gasteiger partial charge in [0.15, 0.2) is 5.16 Å². The summed E-state index contributed by atoms with van der Waals surface area (Å²) in [5.41, 5.74) is 2.88. The van der Waals surface area contributed by atoms with Crippen molar-refractivity contribution in [1.82, 2.24) is 14.8 Å². The summed E-state index contributed by atoms with van der Waals surface area (Å²) in [4.78, 5) is 12.3. The van der Waals surface area contributed by atoms with Crippen molar-refractivity contribution in [3.8, 4) is 0 Å². The highest BCUT2D eigenvalue weighted by Gasteiger charge is 2.14. The Morgan fingerprint density at radius 2 is 1.97 bits per heavy atom. The van der Waals surface area contributed by atoms with Crippen LogP contribution in [0, 0.1) is 6.92 Å². The van der Waals surface area contributed by atoms with Gasteiger partial charge in [-0.15, -0.1) is 22.0 Å². The fraction of sp³-hybridized carbons (Fsp3) is 0.286. The van der Waals surface area contributed by atoms with Gasteiger partial charge in [-0.3, -0.25) is 4.79 Å². The van der Waals surface area contributed by atoms with Crippen LogP contribution in [0.3, 0.4) is 0 Å². The average Bonchev–Trinajstić information content (AvgIpc) is 3.12. The van der Waals surface area contributed by atoms with Gasteiger partial charge in [-0.2, -0.15) is 0 Å². The fourth-order valence-electron chi connectivity index (χ4n) is 2.79. The van der Waals surface area contributed by atoms with Crippen LogP contribution in [0.4, 0.5) is 5.69 Å². The molecule has 164 valence electrons. The number of benzene rings is 2. The number of carbonyl (C=O) groups is 1. The number of anilines is 1. The van der Waals surface area contributed by atoms with E-state index in [9.17, 15) is 4.79 Å². The van der Waals surface area contributed by atoms with Crippen molar-refractivity contribution in [2.75, 3.05) is 11.1 Å². The summed E-state index contributed by atoms with van der Waals surface area (Å²) in [6.07, 6.45) is 0. The predicted molar refractivity (Wildman–Crippen MR) is 135 cm³/mol. The van der Waals surface area contributed by atoms with E-state index in [4.69, 9.17) is 23.2 Å². The van der Waals surface area contributed by atoms with E-state index in [2.05, 4.69) is 31.4 Å². The van der Waals surface area contributed by atoms with Crippen LogP contribution in [0.1, 0.15) is 23.9 Å². The minimum Gasteiger partial charge on any atom is -0.325 e. The molecule has 31 heavy (non-hydrogen) atoms. The van der Waals surface area contributed by atoms with Crippen LogP contribution in [0.25, 0.3) is 0 Å². The first-order valence-corrected chi connectivity index (χ1v) is 13.2. The van der Waals surface area contributed by atoms with Gasteiger partial charge in [0.05, 0.1) is 11.5 Å². The lowest BCUT2D eigenvalue weighted by Crippen LogP contribution is -2.14. The van der Waals surface area contributed by atoms with Gasteiger partial charge in [-0.1, -0.05) is 57.0 Å². The third-order valence-corrected chi connectivity index (χ3v) is 7.81. The van der Waals surface area contributed by atoms with Gasteiger partial charge in [0.1, 0.15) is 5.82 Å². The van der Waals surface area contributed by atoms with Crippen LogP contribution in [0.2, 0.25) is 10.0 Å². The lowest BCUT2D eigenvalue weighted by molar-refractivity contribution is -0.113. The number of thioether (sulfide) groups is 2. The summed E-state index contributed by atoms with van der Waals surface area (Å²) in [5.74, 6) is 2.52. The van der Waals surface area contributed by atoms with E-state index in [0.717, 1.165) is 44.6 Å². The molecular formula is C21H21BrCl2N4OS2. The lowest BCUT2D eigenvalue weighted by atomic mass is 10.2. The van der Waals surface area contributed by atoms with Crippen LogP contribution in [0.15, 0.2) is 46.0 Å². The zero-order valence-corrected chi connectivity index (χ0v) is 21.7. The van der Waals surface area contributed by atoms with Crippen molar-refractivity contribution in [2.24, 2.45) is 0 Å². The monoisotopic (exact) mass is 558 g/mol. The number of amides is 1. The highest BCUT2D eigenvalue weighted by atomic mass is 79.9. The zero-order chi connectivity index (χ0) is 22.4. The van der Waals surface area contributed by atoms with Crippen molar-refractivity contribution >= 4 is 74.3 Å². The van der Waals surface area contributed by atoms with Crippen molar-refractivity contribution in [3.05, 3.63) is 67.9 Å². The van der Waals surface area contributed by atoms with E-state index in [0.29, 0.717) is 15.8 Å². The average molecular weight is 560 g/mol. The molecule has 0 fully saturated rings. The summed E-state index contributed by atoms with van der Waals surface area (Å²) in [6.45, 7) is 4.77. The van der Waals surface area contributed by atoms with Crippen molar-refractivity contribution < 1.29 is 4.79 Å². The molecule has 1 aromatic heterocycles. The maximum Gasteiger partial charge on any atom is 0.234 e. The quantitative estimate of drug-likeness (QED) is 0.291. The SMILES string of the molecule is CCn1c(CSCc2ccc(Cl)cc2Cl)nnc1SCC(=O)Nc1ccc(Br)c(C)c1. The first kappa shape index (κ1) is 24.5. The van der Waals surface area contributed by atoms with Crippen molar-refractivity contribution in [3.63, 3.8) is 0 Å². The zero-order valence-electron chi connectivity index (χ0n) is 17.0. The standard InChI is InChI=1S/C21H21BrCl2N4OS2/c1-3-28-19(11-30-10-14-4-5-15(23)9-18(14)24)26-27-21(28)31-12-20(29)25-16-6-7-17(22)13(2)8-16/h4-9H,3,10-12H2,1-2H3,(H,25,29). The van der Waals surface area contributed by atoms with Crippen LogP contribution in [-0.4, -0.2) is 26.4 Å². The molecule has 0 atom stereocenters. The Bertz CT molecular complexity index is 1080. The minimum absolute atomic E-state index is 0.0781. The summed E-state index contributed by atoms with van der Waals surface area (Å²) in [5, 5.41) is 13.6. The van der Waals surface area contributed by atoms with Crippen LogP contribution in [0.5, 0.6) is 0 Å². The molecule has 0 spiro atoms. The molecule has 0 bridgehead atoms. The van der Waals surface area contributed by atoms with E-state index >= 15 is 0 Å². The van der Waals surface area contributed by atoms with Gasteiger partial charge in [0.25, 0.3) is 0 Å². The smallest absolute Gasteiger partial charge is 0.234 e. The number of halogens is 3. The lowest BCUT2D eigenvalue weighted by Gasteiger charge is -2.09. The second kappa shape index (κ2) is 11.6. The molecule has 2 aromatic carbocycles. The predicted octanol–water partition coefficient (Wildman–Crippen LogP) is 6.84. The molecule has 3 rings (SSSR count). The van der Waals surface area contributed by atoms with E-state index in [-0.39, 0.29) is 11.7 Å². The largest absolute Gasteiger partial charge is 0.325 e. The molecule has 3 aromatic rings.